The minimum absolute atomic E-state index is 0.0890. The van der Waals surface area contributed by atoms with E-state index in [0.717, 1.165) is 53.8 Å². The van der Waals surface area contributed by atoms with Crippen LogP contribution in [0.3, 0.4) is 0 Å². The van der Waals surface area contributed by atoms with Crippen LogP contribution in [0.4, 0.5) is 0 Å². The van der Waals surface area contributed by atoms with Crippen molar-refractivity contribution >= 4 is 0 Å². The summed E-state index contributed by atoms with van der Waals surface area (Å²) in [6, 6.07) is 15.7. The molecule has 1 saturated heterocycles. The molecule has 0 saturated carbocycles. The van der Waals surface area contributed by atoms with Crippen molar-refractivity contribution in [1.29, 1.82) is 0 Å². The molecule has 1 N–H and O–H groups in total. The van der Waals surface area contributed by atoms with Gasteiger partial charge in [-0.2, -0.15) is 4.98 Å². The zero-order valence-corrected chi connectivity index (χ0v) is 24.3. The number of aryl methyl sites for hydroxylation is 2. The van der Waals surface area contributed by atoms with E-state index in [1.165, 1.54) is 0 Å². The van der Waals surface area contributed by atoms with Gasteiger partial charge in [0.1, 0.15) is 5.82 Å². The number of nitrogens with one attached hydrogen (secondary N) is 1. The van der Waals surface area contributed by atoms with Gasteiger partial charge in [-0.25, -0.2) is 9.78 Å². The number of aromatic amines is 1. The second kappa shape index (κ2) is 12.7. The van der Waals surface area contributed by atoms with Gasteiger partial charge in [0.15, 0.2) is 11.6 Å². The molecule has 6 rings (SSSR count). The maximum Gasteiger partial charge on any atom is 0.439 e. The monoisotopic (exact) mass is 582 g/mol. The number of H-pyrrole nitrogens is 1. The highest BCUT2D eigenvalue weighted by Gasteiger charge is 2.23. The van der Waals surface area contributed by atoms with Crippen LogP contribution in [0.15, 0.2) is 67.2 Å². The molecular formula is C32H34N6O5. The van der Waals surface area contributed by atoms with Crippen molar-refractivity contribution in [1.82, 2.24) is 29.8 Å². The molecule has 1 aliphatic heterocycles. The van der Waals surface area contributed by atoms with Crippen LogP contribution in [0, 0.1) is 6.92 Å². The number of unbranched alkanes of at least 4 members (excludes halogenated alkanes) is 1. The SMILES string of the molecule is CCCCc1nc(C)c(Cc2nc(C3CCOCC3)no2)c(=O)n1Cc1ccc(-c2ccccc2-c2noc(=O)[nH]2)cc1. The second-order valence-corrected chi connectivity index (χ2v) is 10.9. The molecule has 43 heavy (non-hydrogen) atoms. The quantitative estimate of drug-likeness (QED) is 0.245. The minimum atomic E-state index is -0.602. The molecule has 4 heterocycles. The fraction of sp³-hybridized carbons (Fsp3) is 0.375. The maximum absolute atomic E-state index is 14.0. The third-order valence-electron chi connectivity index (χ3n) is 7.93. The molecule has 0 unspecified atom stereocenters. The first-order chi connectivity index (χ1) is 21.0. The Kier molecular flexibility index (Phi) is 8.41. The lowest BCUT2D eigenvalue weighted by molar-refractivity contribution is 0.0830. The van der Waals surface area contributed by atoms with E-state index < -0.39 is 5.76 Å². The molecule has 11 heteroatoms. The molecule has 5 aromatic rings. The van der Waals surface area contributed by atoms with Crippen LogP contribution in [0.2, 0.25) is 0 Å². The average molecular weight is 583 g/mol. The number of rotatable bonds is 10. The van der Waals surface area contributed by atoms with Gasteiger partial charge in [-0.1, -0.05) is 72.2 Å². The van der Waals surface area contributed by atoms with Gasteiger partial charge in [-0.05, 0) is 42.9 Å². The largest absolute Gasteiger partial charge is 0.439 e. The number of hydrogen-bond donors (Lipinski definition) is 1. The molecule has 222 valence electrons. The molecule has 0 radical (unpaired) electrons. The third kappa shape index (κ3) is 6.26. The fourth-order valence-electron chi connectivity index (χ4n) is 5.52. The second-order valence-electron chi connectivity index (χ2n) is 10.9. The van der Waals surface area contributed by atoms with Gasteiger partial charge in [0, 0.05) is 42.4 Å². The summed E-state index contributed by atoms with van der Waals surface area (Å²) in [7, 11) is 0. The summed E-state index contributed by atoms with van der Waals surface area (Å²) in [5.74, 6) is 1.86. The van der Waals surface area contributed by atoms with Crippen molar-refractivity contribution in [3.8, 4) is 22.5 Å². The van der Waals surface area contributed by atoms with E-state index in [1.807, 2.05) is 55.5 Å². The van der Waals surface area contributed by atoms with Crippen molar-refractivity contribution in [3.63, 3.8) is 0 Å². The van der Waals surface area contributed by atoms with E-state index in [0.29, 0.717) is 55.0 Å². The zero-order chi connectivity index (χ0) is 29.8. The summed E-state index contributed by atoms with van der Waals surface area (Å²) in [5, 5.41) is 8.06. The number of ether oxygens (including phenoxy) is 1. The molecule has 0 amide bonds. The van der Waals surface area contributed by atoms with E-state index in [2.05, 4.69) is 27.2 Å². The Labute approximate surface area is 247 Å². The van der Waals surface area contributed by atoms with Gasteiger partial charge >= 0.3 is 5.76 Å². The Morgan fingerprint density at radius 2 is 1.72 bits per heavy atom. The standard InChI is InChI=1S/C32H34N6O5/c1-3-4-9-27-33-20(2)26(18-28-34-29(36-42-28)23-14-16-41-17-15-23)31(39)38(27)19-21-10-12-22(13-11-21)24-7-5-6-8-25(24)30-35-32(40)43-37-30/h5-8,10-13,23H,3-4,9,14-19H2,1-2H3,(H,35,37,40). The Balaban J connectivity index is 1.28. The van der Waals surface area contributed by atoms with Crippen LogP contribution >= 0.6 is 0 Å². The highest BCUT2D eigenvalue weighted by atomic mass is 16.5. The first-order valence-corrected chi connectivity index (χ1v) is 14.7. The Morgan fingerprint density at radius 1 is 0.953 bits per heavy atom. The summed E-state index contributed by atoms with van der Waals surface area (Å²) in [6.07, 6.45) is 4.61. The molecule has 1 aliphatic rings. The lowest BCUT2D eigenvalue weighted by Crippen LogP contribution is -2.30. The molecular weight excluding hydrogens is 548 g/mol. The molecule has 2 aromatic carbocycles. The van der Waals surface area contributed by atoms with Gasteiger partial charge in [-0.15, -0.1) is 0 Å². The van der Waals surface area contributed by atoms with Gasteiger partial charge in [0.05, 0.1) is 13.0 Å². The number of nitrogens with zero attached hydrogens (tertiary/aromatic N) is 5. The normalized spacial score (nSPS) is 13.9. The van der Waals surface area contributed by atoms with Crippen LogP contribution in [-0.4, -0.2) is 43.0 Å². The maximum atomic E-state index is 14.0. The number of hydrogen-bond acceptors (Lipinski definition) is 9. The topological polar surface area (TPSA) is 142 Å². The molecule has 1 fully saturated rings. The Hall–Kier alpha value is -4.64. The van der Waals surface area contributed by atoms with Crippen LogP contribution in [0.25, 0.3) is 22.5 Å². The zero-order valence-electron chi connectivity index (χ0n) is 24.3. The first-order valence-electron chi connectivity index (χ1n) is 14.7. The fourth-order valence-corrected chi connectivity index (χ4v) is 5.52. The Bertz CT molecular complexity index is 1810. The highest BCUT2D eigenvalue weighted by molar-refractivity contribution is 5.80. The van der Waals surface area contributed by atoms with E-state index in [1.54, 1.807) is 4.57 Å². The van der Waals surface area contributed by atoms with Crippen LogP contribution in [0.5, 0.6) is 0 Å². The first kappa shape index (κ1) is 28.5. The van der Waals surface area contributed by atoms with Gasteiger partial charge in [0.2, 0.25) is 5.89 Å². The van der Waals surface area contributed by atoms with E-state index in [-0.39, 0.29) is 17.9 Å². The van der Waals surface area contributed by atoms with E-state index >= 15 is 0 Å². The van der Waals surface area contributed by atoms with Crippen molar-refractivity contribution < 1.29 is 13.8 Å². The van der Waals surface area contributed by atoms with Gasteiger partial charge in [-0.3, -0.25) is 18.9 Å². The third-order valence-corrected chi connectivity index (χ3v) is 7.93. The van der Waals surface area contributed by atoms with E-state index in [4.69, 9.17) is 18.8 Å². The predicted molar refractivity (Wildman–Crippen MR) is 159 cm³/mol. The van der Waals surface area contributed by atoms with E-state index in [9.17, 15) is 9.59 Å². The summed E-state index contributed by atoms with van der Waals surface area (Å²) in [6.45, 7) is 5.77. The summed E-state index contributed by atoms with van der Waals surface area (Å²) >= 11 is 0. The predicted octanol–water partition coefficient (Wildman–Crippen LogP) is 4.82. The van der Waals surface area contributed by atoms with Crippen molar-refractivity contribution in [2.45, 2.75) is 64.8 Å². The number of aromatic nitrogens is 6. The molecule has 11 nitrogen and oxygen atoms in total. The highest BCUT2D eigenvalue weighted by Crippen LogP contribution is 2.30. The van der Waals surface area contributed by atoms with Crippen molar-refractivity contribution in [3.05, 3.63) is 104 Å². The van der Waals surface area contributed by atoms with Gasteiger partial charge in [0.25, 0.3) is 5.56 Å². The van der Waals surface area contributed by atoms with Crippen LogP contribution in [-0.2, 0) is 24.1 Å². The van der Waals surface area contributed by atoms with Crippen LogP contribution in [0.1, 0.15) is 72.9 Å². The summed E-state index contributed by atoms with van der Waals surface area (Å²) < 4.78 is 17.5. The lowest BCUT2D eigenvalue weighted by atomic mass is 9.98. The minimum Gasteiger partial charge on any atom is -0.381 e. The molecule has 3 aromatic heterocycles. The van der Waals surface area contributed by atoms with Crippen molar-refractivity contribution in [2.24, 2.45) is 0 Å². The molecule has 0 aliphatic carbocycles. The smallest absolute Gasteiger partial charge is 0.381 e. The average Bonchev–Trinajstić information content (AvgIpc) is 3.70. The Morgan fingerprint density at radius 3 is 2.44 bits per heavy atom. The number of benzene rings is 2. The van der Waals surface area contributed by atoms with Crippen LogP contribution < -0.4 is 11.3 Å². The van der Waals surface area contributed by atoms with Gasteiger partial charge < -0.3 is 9.26 Å². The molecule has 0 bridgehead atoms. The van der Waals surface area contributed by atoms with Crippen molar-refractivity contribution in [2.75, 3.05) is 13.2 Å². The summed E-state index contributed by atoms with van der Waals surface area (Å²) in [4.78, 5) is 37.6. The summed E-state index contributed by atoms with van der Waals surface area (Å²) in [5.41, 5.74) is 4.73. The molecule has 0 spiro atoms. The molecule has 0 atom stereocenters. The lowest BCUT2D eigenvalue weighted by Gasteiger charge is -2.18.